The molecule has 2 aromatic rings. The molecule has 1 saturated heterocycles. The molecule has 1 aliphatic rings. The summed E-state index contributed by atoms with van der Waals surface area (Å²) in [5.74, 6) is -0.0914. The van der Waals surface area contributed by atoms with E-state index in [4.69, 9.17) is 5.41 Å². The normalized spacial score (nSPS) is 13.1. The molecule has 0 aromatic carbocycles. The van der Waals surface area contributed by atoms with E-state index in [1.807, 2.05) is 32.2 Å². The third-order valence-corrected chi connectivity index (χ3v) is 6.06. The molecule has 148 valence electrons. The molecule has 2 aromatic heterocycles. The van der Waals surface area contributed by atoms with Crippen molar-refractivity contribution in [2.45, 2.75) is 65.8 Å². The summed E-state index contributed by atoms with van der Waals surface area (Å²) in [5.41, 5.74) is 1.17. The lowest BCUT2D eigenvalue weighted by Gasteiger charge is -2.33. The molecule has 0 radical (unpaired) electrons. The molecule has 1 aliphatic heterocycles. The van der Waals surface area contributed by atoms with Crippen LogP contribution in [0.3, 0.4) is 0 Å². The number of amides is 1. The van der Waals surface area contributed by atoms with Gasteiger partial charge in [0, 0.05) is 36.4 Å². The highest BCUT2D eigenvalue weighted by Gasteiger charge is 2.24. The summed E-state index contributed by atoms with van der Waals surface area (Å²) in [6, 6.07) is 4.05. The molecule has 0 aliphatic carbocycles. The molecule has 5 nitrogen and oxygen atoms in total. The Morgan fingerprint density at radius 3 is 2.44 bits per heavy atom. The quantitative estimate of drug-likeness (QED) is 0.499. The summed E-state index contributed by atoms with van der Waals surface area (Å²) in [6.07, 6.45) is 8.53. The van der Waals surface area contributed by atoms with E-state index in [1.54, 1.807) is 4.90 Å². The third kappa shape index (κ3) is 4.86. The van der Waals surface area contributed by atoms with E-state index in [0.717, 1.165) is 42.5 Å². The van der Waals surface area contributed by atoms with Crippen molar-refractivity contribution in [3.8, 4) is 0 Å². The number of nitrogens with one attached hydrogen (secondary N) is 1. The monoisotopic (exact) mass is 388 g/mol. The molecule has 0 atom stereocenters. The summed E-state index contributed by atoms with van der Waals surface area (Å²) in [4.78, 5) is 22.7. The van der Waals surface area contributed by atoms with E-state index in [0.29, 0.717) is 4.88 Å². The molecule has 6 heteroatoms. The van der Waals surface area contributed by atoms with Crippen LogP contribution in [-0.4, -0.2) is 41.3 Å². The number of fused-ring (bicyclic) bond motifs is 1. The van der Waals surface area contributed by atoms with Crippen molar-refractivity contribution in [3.05, 3.63) is 23.2 Å². The fraction of sp³-hybridized carbons (Fsp3) is 0.571. The van der Waals surface area contributed by atoms with E-state index < -0.39 is 0 Å². The van der Waals surface area contributed by atoms with Gasteiger partial charge in [-0.15, -0.1) is 11.3 Å². The summed E-state index contributed by atoms with van der Waals surface area (Å²) in [6.45, 7) is 10.6. The third-order valence-electron chi connectivity index (χ3n) is 5.03. The maximum Gasteiger partial charge on any atom is 0.269 e. The molecule has 3 rings (SSSR count). The minimum absolute atomic E-state index is 0.0769. The molecule has 27 heavy (non-hydrogen) atoms. The van der Waals surface area contributed by atoms with Gasteiger partial charge in [0.25, 0.3) is 5.91 Å². The zero-order valence-corrected chi connectivity index (χ0v) is 17.8. The maximum atomic E-state index is 12.8. The molecule has 3 heterocycles. The largest absolute Gasteiger partial charge is 0.371 e. The number of carbonyl (C=O) groups excluding carboxylic acids is 1. The lowest BCUT2D eigenvalue weighted by Crippen LogP contribution is -2.38. The van der Waals surface area contributed by atoms with Gasteiger partial charge in [0.15, 0.2) is 0 Å². The highest BCUT2D eigenvalue weighted by molar-refractivity contribution is 7.20. The minimum atomic E-state index is -0.0914. The van der Waals surface area contributed by atoms with Crippen LogP contribution in [0.4, 0.5) is 5.69 Å². The highest BCUT2D eigenvalue weighted by atomic mass is 32.1. The number of anilines is 1. The lowest BCUT2D eigenvalue weighted by molar-refractivity contribution is 0.0807. The predicted molar refractivity (Wildman–Crippen MR) is 116 cm³/mol. The van der Waals surface area contributed by atoms with Crippen molar-refractivity contribution in [1.29, 1.82) is 5.41 Å². The van der Waals surface area contributed by atoms with Crippen LogP contribution < -0.4 is 4.90 Å². The van der Waals surface area contributed by atoms with Gasteiger partial charge in [0.05, 0.1) is 11.2 Å². The Balaban J connectivity index is 0.000000596. The lowest BCUT2D eigenvalue weighted by atomic mass is 10.1. The van der Waals surface area contributed by atoms with Crippen LogP contribution in [0.2, 0.25) is 0 Å². The Labute approximate surface area is 166 Å². The average molecular weight is 389 g/mol. The van der Waals surface area contributed by atoms with Gasteiger partial charge in [-0.25, -0.2) is 4.98 Å². The van der Waals surface area contributed by atoms with Crippen LogP contribution in [0.25, 0.3) is 10.2 Å². The van der Waals surface area contributed by atoms with Crippen molar-refractivity contribution in [3.63, 3.8) is 0 Å². The number of nitrogens with zero attached hydrogens (tertiary/aromatic N) is 3. The number of thiophene rings is 1. The average Bonchev–Trinajstić information content (AvgIpc) is 3.09. The van der Waals surface area contributed by atoms with Gasteiger partial charge in [-0.05, 0) is 31.4 Å². The number of pyridine rings is 1. The first-order valence-electron chi connectivity index (χ1n) is 10.1. The molecule has 1 amide bonds. The van der Waals surface area contributed by atoms with Crippen LogP contribution >= 0.6 is 11.3 Å². The van der Waals surface area contributed by atoms with Gasteiger partial charge in [-0.3, -0.25) is 15.1 Å². The zero-order valence-electron chi connectivity index (χ0n) is 17.0. The first-order valence-corrected chi connectivity index (χ1v) is 10.9. The van der Waals surface area contributed by atoms with Gasteiger partial charge >= 0.3 is 0 Å². The summed E-state index contributed by atoms with van der Waals surface area (Å²) >= 11 is 1.42. The minimum Gasteiger partial charge on any atom is -0.371 e. The molecule has 0 spiro atoms. The Morgan fingerprint density at radius 1 is 1.30 bits per heavy atom. The number of hydrogen-bond donors (Lipinski definition) is 1. The summed E-state index contributed by atoms with van der Waals surface area (Å²) in [5, 5.41) is 8.67. The van der Waals surface area contributed by atoms with Crippen molar-refractivity contribution >= 4 is 39.5 Å². The first-order chi connectivity index (χ1) is 13.1. The maximum absolute atomic E-state index is 12.8. The molecule has 1 N–H and O–H groups in total. The second kappa shape index (κ2) is 10.4. The van der Waals surface area contributed by atoms with Crippen LogP contribution in [0.5, 0.6) is 0 Å². The molecule has 0 bridgehead atoms. The molecule has 0 unspecified atom stereocenters. The SMILES string of the molecule is CCC(CC)N(C=N)C(=O)c1cc2c(N3CCC3)ccnc2s1.CCCC. The van der Waals surface area contributed by atoms with E-state index in [1.165, 1.54) is 36.3 Å². The van der Waals surface area contributed by atoms with Gasteiger partial charge in [-0.2, -0.15) is 0 Å². The number of aromatic nitrogens is 1. The second-order valence-corrected chi connectivity index (χ2v) is 7.84. The van der Waals surface area contributed by atoms with Crippen molar-refractivity contribution in [1.82, 2.24) is 9.88 Å². The van der Waals surface area contributed by atoms with Crippen LogP contribution in [0, 0.1) is 5.41 Å². The van der Waals surface area contributed by atoms with Crippen LogP contribution in [-0.2, 0) is 0 Å². The Bertz CT molecular complexity index is 748. The highest BCUT2D eigenvalue weighted by Crippen LogP contribution is 2.34. The van der Waals surface area contributed by atoms with E-state index in [2.05, 4.69) is 23.7 Å². The number of rotatable bonds is 7. The van der Waals surface area contributed by atoms with E-state index in [-0.39, 0.29) is 11.9 Å². The molecule has 1 fully saturated rings. The topological polar surface area (TPSA) is 60.3 Å². The summed E-state index contributed by atoms with van der Waals surface area (Å²) < 4.78 is 0. The number of hydrogen-bond acceptors (Lipinski definition) is 5. The standard InChI is InChI=1S/C17H22N4OS.C4H10/c1-3-12(4-2)21(11-18)17(22)15-10-13-14(20-8-5-9-20)6-7-19-16(13)23-15;1-3-4-2/h6-7,10-12,18H,3-5,8-9H2,1-2H3;3-4H2,1-2H3. The Hall–Kier alpha value is -1.95. The van der Waals surface area contributed by atoms with Crippen LogP contribution in [0.15, 0.2) is 18.3 Å². The summed E-state index contributed by atoms with van der Waals surface area (Å²) in [7, 11) is 0. The molecular formula is C21H32N4OS. The number of unbranched alkanes of at least 4 members (excludes halogenated alkanes) is 1. The fourth-order valence-corrected chi connectivity index (χ4v) is 3.97. The van der Waals surface area contributed by atoms with E-state index >= 15 is 0 Å². The van der Waals surface area contributed by atoms with Gasteiger partial charge in [0.1, 0.15) is 4.83 Å². The van der Waals surface area contributed by atoms with Gasteiger partial charge < -0.3 is 4.90 Å². The fourth-order valence-electron chi connectivity index (χ4n) is 3.00. The van der Waals surface area contributed by atoms with Crippen LogP contribution in [0.1, 0.15) is 69.5 Å². The Morgan fingerprint density at radius 2 is 1.96 bits per heavy atom. The zero-order chi connectivity index (χ0) is 19.8. The Kier molecular flexibility index (Phi) is 8.23. The smallest absolute Gasteiger partial charge is 0.269 e. The predicted octanol–water partition coefficient (Wildman–Crippen LogP) is 5.55. The van der Waals surface area contributed by atoms with Gasteiger partial charge in [-0.1, -0.05) is 40.5 Å². The van der Waals surface area contributed by atoms with E-state index in [9.17, 15) is 4.79 Å². The van der Waals surface area contributed by atoms with Crippen molar-refractivity contribution in [2.24, 2.45) is 0 Å². The molecular weight excluding hydrogens is 356 g/mol. The van der Waals surface area contributed by atoms with Crippen molar-refractivity contribution < 1.29 is 4.79 Å². The van der Waals surface area contributed by atoms with Crippen molar-refractivity contribution in [2.75, 3.05) is 18.0 Å². The van der Waals surface area contributed by atoms with Gasteiger partial charge in [0.2, 0.25) is 0 Å². The molecule has 0 saturated carbocycles. The first kappa shape index (κ1) is 21.4. The second-order valence-electron chi connectivity index (χ2n) is 6.81. The number of carbonyl (C=O) groups is 1.